The minimum Gasteiger partial charge on any atom is -0.459 e. The van der Waals surface area contributed by atoms with Crippen molar-refractivity contribution in [2.45, 2.75) is 13.2 Å². The third-order valence-electron chi connectivity index (χ3n) is 3.77. The Morgan fingerprint density at radius 2 is 1.81 bits per heavy atom. The van der Waals surface area contributed by atoms with Crippen LogP contribution in [0.15, 0.2) is 59.4 Å². The van der Waals surface area contributed by atoms with Crippen molar-refractivity contribution >= 4 is 34.9 Å². The molecule has 0 bridgehead atoms. The van der Waals surface area contributed by atoms with Crippen LogP contribution in [0.4, 0.5) is 5.69 Å². The van der Waals surface area contributed by atoms with Gasteiger partial charge in [-0.3, -0.25) is 14.2 Å². The molecule has 0 amide bonds. The van der Waals surface area contributed by atoms with Crippen LogP contribution in [0, 0.1) is 0 Å². The molecule has 3 rings (SSSR count). The number of hydrogen-bond donors (Lipinski definition) is 1. The average molecular weight is 404 g/mol. The normalized spacial score (nSPS) is 10.6. The van der Waals surface area contributed by atoms with Gasteiger partial charge in [0, 0.05) is 11.3 Å². The second kappa shape index (κ2) is 8.24. The molecule has 0 atom stereocenters. The summed E-state index contributed by atoms with van der Waals surface area (Å²) >= 11 is 12.1. The van der Waals surface area contributed by atoms with Gasteiger partial charge in [-0.05, 0) is 17.7 Å². The van der Waals surface area contributed by atoms with Crippen LogP contribution in [-0.4, -0.2) is 15.5 Å². The number of nitrogens with two attached hydrogens (primary N) is 1. The fourth-order valence-corrected chi connectivity index (χ4v) is 3.06. The Balaban J connectivity index is 1.92. The van der Waals surface area contributed by atoms with Crippen molar-refractivity contribution in [2.75, 3.05) is 5.73 Å². The zero-order valence-electron chi connectivity index (χ0n) is 14.1. The van der Waals surface area contributed by atoms with Gasteiger partial charge in [0.25, 0.3) is 5.56 Å². The number of nitrogens with zero attached hydrogens (tertiary/aromatic N) is 2. The maximum absolute atomic E-state index is 12.5. The SMILES string of the molecule is Nc1cccc(-c2c(Cl)nc(Cl)c(=O)n2CC(=O)OCc2ccccc2)c1. The average Bonchev–Trinajstić information content (AvgIpc) is 2.65. The monoisotopic (exact) mass is 403 g/mol. The summed E-state index contributed by atoms with van der Waals surface area (Å²) in [5, 5.41) is -0.343. The smallest absolute Gasteiger partial charge is 0.326 e. The zero-order chi connectivity index (χ0) is 19.4. The van der Waals surface area contributed by atoms with Gasteiger partial charge in [-0.25, -0.2) is 4.98 Å². The van der Waals surface area contributed by atoms with Crippen LogP contribution in [-0.2, 0) is 22.7 Å². The first-order chi connectivity index (χ1) is 13.0. The van der Waals surface area contributed by atoms with Gasteiger partial charge in [-0.15, -0.1) is 0 Å². The molecule has 27 heavy (non-hydrogen) atoms. The summed E-state index contributed by atoms with van der Waals surface area (Å²) in [5.74, 6) is -0.607. The molecule has 0 aliphatic rings. The molecule has 1 heterocycles. The van der Waals surface area contributed by atoms with Crippen LogP contribution in [0.5, 0.6) is 0 Å². The fraction of sp³-hybridized carbons (Fsp3) is 0.105. The van der Waals surface area contributed by atoms with E-state index in [4.69, 9.17) is 33.7 Å². The van der Waals surface area contributed by atoms with E-state index in [1.807, 2.05) is 30.3 Å². The van der Waals surface area contributed by atoms with Crippen LogP contribution in [0.3, 0.4) is 0 Å². The highest BCUT2D eigenvalue weighted by atomic mass is 35.5. The lowest BCUT2D eigenvalue weighted by Crippen LogP contribution is -2.28. The van der Waals surface area contributed by atoms with Crippen LogP contribution >= 0.6 is 23.2 Å². The summed E-state index contributed by atoms with van der Waals surface area (Å²) in [4.78, 5) is 28.6. The highest BCUT2D eigenvalue weighted by Crippen LogP contribution is 2.27. The Kier molecular flexibility index (Phi) is 5.78. The van der Waals surface area contributed by atoms with E-state index in [0.717, 1.165) is 10.1 Å². The molecule has 0 spiro atoms. The molecule has 1 aromatic heterocycles. The number of ether oxygens (including phenoxy) is 1. The van der Waals surface area contributed by atoms with E-state index in [2.05, 4.69) is 4.98 Å². The standard InChI is InChI=1S/C19H15Cl2N3O3/c20-17-16(13-7-4-8-14(22)9-13)24(19(26)18(21)23-17)10-15(25)27-11-12-5-2-1-3-6-12/h1-9H,10-11,22H2. The van der Waals surface area contributed by atoms with E-state index in [1.54, 1.807) is 24.3 Å². The number of hydrogen-bond acceptors (Lipinski definition) is 5. The fourth-order valence-electron chi connectivity index (χ4n) is 2.54. The first-order valence-electron chi connectivity index (χ1n) is 7.97. The first-order valence-corrected chi connectivity index (χ1v) is 8.72. The van der Waals surface area contributed by atoms with Gasteiger partial charge in [0.05, 0.1) is 5.69 Å². The highest BCUT2D eigenvalue weighted by molar-refractivity contribution is 6.33. The van der Waals surface area contributed by atoms with E-state index in [1.165, 1.54) is 0 Å². The van der Waals surface area contributed by atoms with Crippen LogP contribution in [0.25, 0.3) is 11.3 Å². The summed E-state index contributed by atoms with van der Waals surface area (Å²) in [6.45, 7) is -0.271. The molecule has 0 aliphatic heterocycles. The molecule has 0 saturated heterocycles. The van der Waals surface area contributed by atoms with Gasteiger partial charge in [0.2, 0.25) is 0 Å². The summed E-state index contributed by atoms with van der Waals surface area (Å²) < 4.78 is 6.39. The second-order valence-electron chi connectivity index (χ2n) is 5.71. The maximum atomic E-state index is 12.5. The maximum Gasteiger partial charge on any atom is 0.326 e. The van der Waals surface area contributed by atoms with Gasteiger partial charge in [0.15, 0.2) is 10.3 Å². The van der Waals surface area contributed by atoms with E-state index in [9.17, 15) is 9.59 Å². The molecule has 2 aromatic carbocycles. The lowest BCUT2D eigenvalue weighted by molar-refractivity contribution is -0.145. The van der Waals surface area contributed by atoms with Gasteiger partial charge >= 0.3 is 5.97 Å². The van der Waals surface area contributed by atoms with Crippen molar-refractivity contribution in [3.8, 4) is 11.3 Å². The third kappa shape index (κ3) is 4.48. The molecular weight excluding hydrogens is 389 g/mol. The molecule has 138 valence electrons. The number of carbonyl (C=O) groups excluding carboxylic acids is 1. The number of esters is 1. The number of halogens is 2. The molecule has 0 fully saturated rings. The lowest BCUT2D eigenvalue weighted by Gasteiger charge is -2.14. The minimum atomic E-state index is -0.643. The van der Waals surface area contributed by atoms with Crippen molar-refractivity contribution < 1.29 is 9.53 Å². The molecular formula is C19H15Cl2N3O3. The number of anilines is 1. The van der Waals surface area contributed by atoms with E-state index < -0.39 is 11.5 Å². The Bertz CT molecular complexity index is 1040. The molecule has 0 aliphatic carbocycles. The van der Waals surface area contributed by atoms with Crippen LogP contribution < -0.4 is 11.3 Å². The second-order valence-corrected chi connectivity index (χ2v) is 6.42. The molecule has 3 aromatic rings. The van der Waals surface area contributed by atoms with Crippen LogP contribution in [0.2, 0.25) is 10.3 Å². The Labute approximate surface area is 165 Å². The number of rotatable bonds is 5. The zero-order valence-corrected chi connectivity index (χ0v) is 15.6. The number of aromatic nitrogens is 2. The predicted octanol–water partition coefficient (Wildman–Crippen LogP) is 3.54. The summed E-state index contributed by atoms with van der Waals surface area (Å²) in [5.41, 5.74) is 7.26. The molecule has 0 unspecified atom stereocenters. The van der Waals surface area contributed by atoms with E-state index >= 15 is 0 Å². The highest BCUT2D eigenvalue weighted by Gasteiger charge is 2.19. The Hall–Kier alpha value is -2.83. The van der Waals surface area contributed by atoms with Crippen molar-refractivity contribution in [1.82, 2.24) is 9.55 Å². The number of nitrogen functional groups attached to an aromatic ring is 1. The summed E-state index contributed by atoms with van der Waals surface area (Å²) in [7, 11) is 0. The predicted molar refractivity (Wildman–Crippen MR) is 105 cm³/mol. The number of benzene rings is 2. The summed E-state index contributed by atoms with van der Waals surface area (Å²) in [6.07, 6.45) is 0. The molecule has 2 N–H and O–H groups in total. The molecule has 6 nitrogen and oxygen atoms in total. The number of carbonyl (C=O) groups is 1. The van der Waals surface area contributed by atoms with Crippen molar-refractivity contribution in [2.24, 2.45) is 0 Å². The molecule has 0 radical (unpaired) electrons. The molecule has 0 saturated carbocycles. The van der Waals surface area contributed by atoms with Gasteiger partial charge < -0.3 is 10.5 Å². The third-order valence-corrected chi connectivity index (χ3v) is 4.28. The lowest BCUT2D eigenvalue weighted by atomic mass is 10.1. The van der Waals surface area contributed by atoms with Crippen molar-refractivity contribution in [3.05, 3.63) is 80.8 Å². The largest absolute Gasteiger partial charge is 0.459 e. The minimum absolute atomic E-state index is 0.0129. The van der Waals surface area contributed by atoms with Crippen LogP contribution in [0.1, 0.15) is 5.56 Å². The molecule has 8 heteroatoms. The summed E-state index contributed by atoms with van der Waals surface area (Å²) in [6, 6.07) is 15.9. The van der Waals surface area contributed by atoms with Crippen molar-refractivity contribution in [3.63, 3.8) is 0 Å². The van der Waals surface area contributed by atoms with Gasteiger partial charge in [-0.1, -0.05) is 65.7 Å². The van der Waals surface area contributed by atoms with Crippen molar-refractivity contribution in [1.29, 1.82) is 0 Å². The van der Waals surface area contributed by atoms with Gasteiger partial charge in [-0.2, -0.15) is 0 Å². The topological polar surface area (TPSA) is 87.2 Å². The van der Waals surface area contributed by atoms with Gasteiger partial charge in [0.1, 0.15) is 13.2 Å². The quantitative estimate of drug-likeness (QED) is 0.519. The Morgan fingerprint density at radius 1 is 1.07 bits per heavy atom. The first kappa shape index (κ1) is 18.9. The Morgan fingerprint density at radius 3 is 2.52 bits per heavy atom. The van der Waals surface area contributed by atoms with E-state index in [0.29, 0.717) is 11.3 Å². The van der Waals surface area contributed by atoms with E-state index in [-0.39, 0.29) is 29.2 Å².